The van der Waals surface area contributed by atoms with E-state index in [1.807, 2.05) is 19.9 Å². The highest BCUT2D eigenvalue weighted by atomic mass is 79.9. The van der Waals surface area contributed by atoms with E-state index in [-0.39, 0.29) is 10.3 Å². The predicted molar refractivity (Wildman–Crippen MR) is 79.1 cm³/mol. The Morgan fingerprint density at radius 1 is 1.15 bits per heavy atom. The third-order valence-corrected chi connectivity index (χ3v) is 4.07. The van der Waals surface area contributed by atoms with Crippen LogP contribution in [-0.4, -0.2) is 0 Å². The van der Waals surface area contributed by atoms with Gasteiger partial charge in [-0.25, -0.2) is 14.2 Å². The molecule has 2 rings (SSSR count). The van der Waals surface area contributed by atoms with E-state index < -0.39 is 11.9 Å². The van der Waals surface area contributed by atoms with Gasteiger partial charge in [0.25, 0.3) is 0 Å². The fourth-order valence-corrected chi connectivity index (χ4v) is 2.86. The standard InChI is InChI=1S/C15H15BrF2N2/c1-8-6-9(2)13(12(18)7-8)15(20-19)10-4-3-5-11(17)14(10)16/h3-7,15,20H,19H2,1-2H3. The van der Waals surface area contributed by atoms with Crippen LogP contribution >= 0.6 is 15.9 Å². The average molecular weight is 341 g/mol. The van der Waals surface area contributed by atoms with Gasteiger partial charge in [-0.05, 0) is 58.6 Å². The lowest BCUT2D eigenvalue weighted by atomic mass is 9.93. The maximum Gasteiger partial charge on any atom is 0.137 e. The zero-order valence-corrected chi connectivity index (χ0v) is 12.8. The minimum Gasteiger partial charge on any atom is -0.271 e. The van der Waals surface area contributed by atoms with E-state index >= 15 is 0 Å². The summed E-state index contributed by atoms with van der Waals surface area (Å²) in [5.41, 5.74) is 5.14. The molecule has 5 heteroatoms. The molecule has 3 N–H and O–H groups in total. The fourth-order valence-electron chi connectivity index (χ4n) is 2.36. The summed E-state index contributed by atoms with van der Waals surface area (Å²) < 4.78 is 28.2. The molecule has 2 aromatic rings. The topological polar surface area (TPSA) is 38.0 Å². The summed E-state index contributed by atoms with van der Waals surface area (Å²) in [6.07, 6.45) is 0. The fraction of sp³-hybridized carbons (Fsp3) is 0.200. The van der Waals surface area contributed by atoms with Gasteiger partial charge in [0.05, 0.1) is 10.5 Å². The predicted octanol–water partition coefficient (Wildman–Crippen LogP) is 3.90. The van der Waals surface area contributed by atoms with E-state index in [4.69, 9.17) is 5.84 Å². The van der Waals surface area contributed by atoms with Gasteiger partial charge in [0.15, 0.2) is 0 Å². The van der Waals surface area contributed by atoms with Crippen LogP contribution in [-0.2, 0) is 0 Å². The molecule has 0 heterocycles. The average Bonchev–Trinajstić information content (AvgIpc) is 2.37. The van der Waals surface area contributed by atoms with Crippen LogP contribution in [0, 0.1) is 25.5 Å². The largest absolute Gasteiger partial charge is 0.271 e. The molecule has 0 amide bonds. The number of nitrogens with two attached hydrogens (primary N) is 1. The number of aryl methyl sites for hydroxylation is 2. The summed E-state index contributed by atoms with van der Waals surface area (Å²) in [7, 11) is 0. The van der Waals surface area contributed by atoms with Crippen molar-refractivity contribution in [2.24, 2.45) is 5.84 Å². The summed E-state index contributed by atoms with van der Waals surface area (Å²) >= 11 is 3.19. The van der Waals surface area contributed by atoms with Crippen molar-refractivity contribution < 1.29 is 8.78 Å². The summed E-state index contributed by atoms with van der Waals surface area (Å²) in [4.78, 5) is 0. The van der Waals surface area contributed by atoms with Crippen molar-refractivity contribution >= 4 is 15.9 Å². The van der Waals surface area contributed by atoms with Crippen LogP contribution in [0.25, 0.3) is 0 Å². The summed E-state index contributed by atoms with van der Waals surface area (Å²) in [5, 5.41) is 0. The van der Waals surface area contributed by atoms with Crippen LogP contribution < -0.4 is 11.3 Å². The molecule has 0 bridgehead atoms. The van der Waals surface area contributed by atoms with Crippen molar-refractivity contribution in [3.63, 3.8) is 0 Å². The quantitative estimate of drug-likeness (QED) is 0.656. The highest BCUT2D eigenvalue weighted by Crippen LogP contribution is 2.33. The number of nitrogens with one attached hydrogen (secondary N) is 1. The molecule has 0 spiro atoms. The second kappa shape index (κ2) is 5.99. The Morgan fingerprint density at radius 3 is 2.45 bits per heavy atom. The third-order valence-electron chi connectivity index (χ3n) is 3.23. The van der Waals surface area contributed by atoms with Crippen molar-refractivity contribution in [3.05, 3.63) is 68.7 Å². The van der Waals surface area contributed by atoms with Gasteiger partial charge in [0.2, 0.25) is 0 Å². The van der Waals surface area contributed by atoms with Gasteiger partial charge in [-0.2, -0.15) is 0 Å². The Kier molecular flexibility index (Phi) is 4.52. The van der Waals surface area contributed by atoms with Crippen LogP contribution in [0.2, 0.25) is 0 Å². The smallest absolute Gasteiger partial charge is 0.137 e. The Bertz CT molecular complexity index is 621. The van der Waals surface area contributed by atoms with Crippen LogP contribution in [0.5, 0.6) is 0 Å². The monoisotopic (exact) mass is 340 g/mol. The van der Waals surface area contributed by atoms with E-state index in [0.717, 1.165) is 11.1 Å². The van der Waals surface area contributed by atoms with E-state index in [1.54, 1.807) is 12.1 Å². The molecule has 2 aromatic carbocycles. The number of halogens is 3. The van der Waals surface area contributed by atoms with Gasteiger partial charge in [0.1, 0.15) is 11.6 Å². The SMILES string of the molecule is Cc1cc(C)c(C(NN)c2cccc(F)c2Br)c(F)c1. The molecule has 2 nitrogen and oxygen atoms in total. The molecule has 1 atom stereocenters. The molecule has 106 valence electrons. The molecule has 0 saturated carbocycles. The molecule has 0 fully saturated rings. The van der Waals surface area contributed by atoms with Crippen molar-refractivity contribution in [2.75, 3.05) is 0 Å². The zero-order valence-electron chi connectivity index (χ0n) is 11.2. The highest BCUT2D eigenvalue weighted by Gasteiger charge is 2.22. The van der Waals surface area contributed by atoms with Crippen LogP contribution in [0.3, 0.4) is 0 Å². The first-order valence-electron chi connectivity index (χ1n) is 6.12. The number of rotatable bonds is 3. The molecule has 0 aliphatic heterocycles. The Balaban J connectivity index is 2.62. The molecule has 0 aromatic heterocycles. The first-order chi connectivity index (χ1) is 9.45. The molecule has 0 aliphatic carbocycles. The number of hydrazine groups is 1. The molecule has 20 heavy (non-hydrogen) atoms. The van der Waals surface area contributed by atoms with E-state index in [2.05, 4.69) is 21.4 Å². The van der Waals surface area contributed by atoms with Gasteiger partial charge in [-0.3, -0.25) is 5.84 Å². The van der Waals surface area contributed by atoms with Gasteiger partial charge in [0, 0.05) is 5.56 Å². The van der Waals surface area contributed by atoms with Crippen molar-refractivity contribution in [2.45, 2.75) is 19.9 Å². The maximum absolute atomic E-state index is 14.3. The molecular formula is C15H15BrF2N2. The Labute approximate surface area is 125 Å². The Hall–Kier alpha value is -1.30. The first-order valence-corrected chi connectivity index (χ1v) is 6.91. The van der Waals surface area contributed by atoms with Crippen molar-refractivity contribution in [3.8, 4) is 0 Å². The second-order valence-corrected chi connectivity index (χ2v) is 5.51. The normalized spacial score (nSPS) is 12.5. The van der Waals surface area contributed by atoms with Crippen LogP contribution in [0.1, 0.15) is 28.3 Å². The summed E-state index contributed by atoms with van der Waals surface area (Å²) in [5.74, 6) is 4.80. The van der Waals surface area contributed by atoms with Crippen molar-refractivity contribution in [1.29, 1.82) is 0 Å². The lowest BCUT2D eigenvalue weighted by molar-refractivity contribution is 0.549. The van der Waals surface area contributed by atoms with Gasteiger partial charge >= 0.3 is 0 Å². The third kappa shape index (κ3) is 2.75. The summed E-state index contributed by atoms with van der Waals surface area (Å²) in [6.45, 7) is 3.63. The second-order valence-electron chi connectivity index (χ2n) is 4.72. The van der Waals surface area contributed by atoms with Crippen LogP contribution in [0.15, 0.2) is 34.8 Å². The number of benzene rings is 2. The van der Waals surface area contributed by atoms with Gasteiger partial charge < -0.3 is 0 Å². The van der Waals surface area contributed by atoms with Crippen molar-refractivity contribution in [1.82, 2.24) is 5.43 Å². The molecule has 1 unspecified atom stereocenters. The van der Waals surface area contributed by atoms with E-state index in [9.17, 15) is 8.78 Å². The first kappa shape index (κ1) is 15.1. The van der Waals surface area contributed by atoms with Gasteiger partial charge in [-0.1, -0.05) is 18.2 Å². The van der Waals surface area contributed by atoms with E-state index in [0.29, 0.717) is 11.1 Å². The number of hydrogen-bond acceptors (Lipinski definition) is 2. The van der Waals surface area contributed by atoms with Crippen LogP contribution in [0.4, 0.5) is 8.78 Å². The lowest BCUT2D eigenvalue weighted by Crippen LogP contribution is -2.30. The van der Waals surface area contributed by atoms with E-state index in [1.165, 1.54) is 12.1 Å². The van der Waals surface area contributed by atoms with Gasteiger partial charge in [-0.15, -0.1) is 0 Å². The molecule has 0 saturated heterocycles. The molecular weight excluding hydrogens is 326 g/mol. The molecule has 0 radical (unpaired) electrons. The minimum atomic E-state index is -0.624. The molecule has 0 aliphatic rings. The maximum atomic E-state index is 14.3. The lowest BCUT2D eigenvalue weighted by Gasteiger charge is -2.21. The Morgan fingerprint density at radius 2 is 1.85 bits per heavy atom. The minimum absolute atomic E-state index is 0.280. The number of hydrogen-bond donors (Lipinski definition) is 2. The highest BCUT2D eigenvalue weighted by molar-refractivity contribution is 9.10. The zero-order chi connectivity index (χ0) is 14.9. The summed E-state index contributed by atoms with van der Waals surface area (Å²) in [6, 6.07) is 7.30.